The van der Waals surface area contributed by atoms with Crippen LogP contribution in [0.5, 0.6) is 23.0 Å². The fraction of sp³-hybridized carbons (Fsp3) is 0.333. The molecule has 0 aliphatic rings. The molecule has 0 radical (unpaired) electrons. The lowest BCUT2D eigenvalue weighted by Gasteiger charge is -2.13. The average Bonchev–Trinajstić information content (AvgIpc) is 2.64. The molecule has 2 aromatic carbocycles. The van der Waals surface area contributed by atoms with Crippen LogP contribution in [0.25, 0.3) is 0 Å². The predicted octanol–water partition coefficient (Wildman–Crippen LogP) is 7.06. The van der Waals surface area contributed by atoms with Crippen molar-refractivity contribution in [3.8, 4) is 23.0 Å². The highest BCUT2D eigenvalue weighted by Crippen LogP contribution is 2.37. The van der Waals surface area contributed by atoms with Crippen molar-refractivity contribution in [2.75, 3.05) is 19.8 Å². The Balaban J connectivity index is 1.76. The van der Waals surface area contributed by atoms with Gasteiger partial charge in [0, 0.05) is 24.6 Å². The van der Waals surface area contributed by atoms with Crippen LogP contribution in [-0.2, 0) is 0 Å². The highest BCUT2D eigenvalue weighted by Gasteiger charge is 2.11. The summed E-state index contributed by atoms with van der Waals surface area (Å²) in [6.07, 6.45) is 1.84. The first-order valence-electron chi connectivity index (χ1n) is 9.00. The topological polar surface area (TPSA) is 36.9 Å². The van der Waals surface area contributed by atoms with Gasteiger partial charge in [-0.1, -0.05) is 34.8 Å². The van der Waals surface area contributed by atoms with Crippen LogP contribution in [0.3, 0.4) is 0 Å². The van der Waals surface area contributed by atoms with Crippen LogP contribution < -0.4 is 18.9 Å². The Morgan fingerprint density at radius 1 is 0.931 bits per heavy atom. The van der Waals surface area contributed by atoms with Gasteiger partial charge in [-0.25, -0.2) is 0 Å². The molecule has 0 saturated heterocycles. The molecule has 158 valence electrons. The lowest BCUT2D eigenvalue weighted by atomic mass is 10.3. The van der Waals surface area contributed by atoms with Gasteiger partial charge in [-0.3, -0.25) is 0 Å². The second kappa shape index (κ2) is 12.0. The summed E-state index contributed by atoms with van der Waals surface area (Å²) in [6.45, 7) is 4.75. The van der Waals surface area contributed by atoms with Crippen LogP contribution in [-0.4, -0.2) is 25.9 Å². The fourth-order valence-electron chi connectivity index (χ4n) is 2.27. The summed E-state index contributed by atoms with van der Waals surface area (Å²) in [6, 6.07) is 10.5. The van der Waals surface area contributed by atoms with E-state index in [0.29, 0.717) is 41.2 Å². The highest BCUT2D eigenvalue weighted by molar-refractivity contribution is 6.37. The van der Waals surface area contributed by atoms with Gasteiger partial charge in [-0.05, 0) is 38.1 Å². The summed E-state index contributed by atoms with van der Waals surface area (Å²) in [5, 5.41) is -0.252. The first-order chi connectivity index (χ1) is 13.8. The standard InChI is InChI=1S/C21H22Cl3FO4/c1-14(2)29-16-6-4-15(5-7-16)26-9-3-10-28-21-18(22)12-17(13-19(21)23)27-11-8-20(24)25/h4-8,12-14H,3,9-11H2,1-2H3. The van der Waals surface area contributed by atoms with Crippen molar-refractivity contribution < 1.29 is 23.3 Å². The third kappa shape index (κ3) is 8.60. The molecular weight excluding hydrogens is 442 g/mol. The number of hydrogen-bond acceptors (Lipinski definition) is 4. The molecule has 0 fully saturated rings. The molecule has 0 aromatic heterocycles. The third-order valence-corrected chi connectivity index (χ3v) is 4.17. The van der Waals surface area contributed by atoms with Crippen molar-refractivity contribution in [3.63, 3.8) is 0 Å². The Kier molecular flexibility index (Phi) is 9.71. The molecule has 0 spiro atoms. The monoisotopic (exact) mass is 462 g/mol. The maximum Gasteiger partial charge on any atom is 0.188 e. The van der Waals surface area contributed by atoms with E-state index in [1.165, 1.54) is 0 Å². The first-order valence-corrected chi connectivity index (χ1v) is 10.1. The molecular formula is C21H22Cl3FO4. The van der Waals surface area contributed by atoms with E-state index in [1.54, 1.807) is 12.1 Å². The van der Waals surface area contributed by atoms with Gasteiger partial charge in [0.2, 0.25) is 0 Å². The second-order valence-corrected chi connectivity index (χ2v) is 7.38. The summed E-state index contributed by atoms with van der Waals surface area (Å²) in [4.78, 5) is 0. The molecule has 0 heterocycles. The van der Waals surface area contributed by atoms with Crippen molar-refractivity contribution in [1.29, 1.82) is 0 Å². The van der Waals surface area contributed by atoms with Crippen molar-refractivity contribution in [2.24, 2.45) is 0 Å². The SMILES string of the molecule is CC(C)Oc1ccc(OCCCOc2c(Cl)cc(OCC=C(F)Cl)cc2Cl)cc1. The van der Waals surface area contributed by atoms with E-state index >= 15 is 0 Å². The summed E-state index contributed by atoms with van der Waals surface area (Å²) in [5.41, 5.74) is 0. The third-order valence-electron chi connectivity index (χ3n) is 3.46. The Bertz CT molecular complexity index is 783. The van der Waals surface area contributed by atoms with E-state index in [9.17, 15) is 4.39 Å². The van der Waals surface area contributed by atoms with Crippen molar-refractivity contribution >= 4 is 34.8 Å². The van der Waals surface area contributed by atoms with Crippen LogP contribution in [0, 0.1) is 0 Å². The maximum atomic E-state index is 12.5. The number of rotatable bonds is 11. The molecule has 0 aliphatic carbocycles. The Hall–Kier alpha value is -1.82. The van der Waals surface area contributed by atoms with Crippen molar-refractivity contribution in [3.05, 3.63) is 57.8 Å². The minimum absolute atomic E-state index is 0.0376. The van der Waals surface area contributed by atoms with Gasteiger partial charge in [-0.2, -0.15) is 4.39 Å². The van der Waals surface area contributed by atoms with Crippen LogP contribution in [0.1, 0.15) is 20.3 Å². The molecule has 0 atom stereocenters. The lowest BCUT2D eigenvalue weighted by molar-refractivity contribution is 0.239. The Morgan fingerprint density at radius 3 is 2.10 bits per heavy atom. The molecule has 0 bridgehead atoms. The minimum Gasteiger partial charge on any atom is -0.493 e. The van der Waals surface area contributed by atoms with E-state index in [4.69, 9.17) is 53.8 Å². The van der Waals surface area contributed by atoms with E-state index < -0.39 is 5.29 Å². The molecule has 8 heteroatoms. The lowest BCUT2D eigenvalue weighted by Crippen LogP contribution is -2.06. The van der Waals surface area contributed by atoms with Gasteiger partial charge >= 0.3 is 0 Å². The number of ether oxygens (including phenoxy) is 4. The zero-order chi connectivity index (χ0) is 21.2. The molecule has 0 amide bonds. The summed E-state index contributed by atoms with van der Waals surface area (Å²) >= 11 is 17.5. The predicted molar refractivity (Wildman–Crippen MR) is 115 cm³/mol. The van der Waals surface area contributed by atoms with Crippen LogP contribution >= 0.6 is 34.8 Å². The van der Waals surface area contributed by atoms with E-state index in [1.807, 2.05) is 38.1 Å². The molecule has 2 rings (SSSR count). The molecule has 0 N–H and O–H groups in total. The van der Waals surface area contributed by atoms with Gasteiger partial charge in [0.15, 0.2) is 11.0 Å². The number of halogens is 4. The van der Waals surface area contributed by atoms with E-state index in [0.717, 1.165) is 17.6 Å². The second-order valence-electron chi connectivity index (χ2n) is 6.21. The normalized spacial score (nSPS) is 11.5. The first kappa shape index (κ1) is 23.5. The highest BCUT2D eigenvalue weighted by atomic mass is 35.5. The minimum atomic E-state index is -0.843. The Morgan fingerprint density at radius 2 is 1.52 bits per heavy atom. The molecule has 4 nitrogen and oxygen atoms in total. The van der Waals surface area contributed by atoms with Crippen LogP contribution in [0.15, 0.2) is 47.8 Å². The van der Waals surface area contributed by atoms with Crippen molar-refractivity contribution in [1.82, 2.24) is 0 Å². The summed E-state index contributed by atoms with van der Waals surface area (Å²) in [5.74, 6) is 2.29. The number of hydrogen-bond donors (Lipinski definition) is 0. The van der Waals surface area contributed by atoms with E-state index in [-0.39, 0.29) is 12.7 Å². The quantitative estimate of drug-likeness (QED) is 0.334. The van der Waals surface area contributed by atoms with Gasteiger partial charge in [-0.15, -0.1) is 0 Å². The van der Waals surface area contributed by atoms with Gasteiger partial charge < -0.3 is 18.9 Å². The number of benzene rings is 2. The van der Waals surface area contributed by atoms with E-state index in [2.05, 4.69) is 0 Å². The Labute approximate surface area is 185 Å². The van der Waals surface area contributed by atoms with Gasteiger partial charge in [0.1, 0.15) is 23.9 Å². The molecule has 0 unspecified atom stereocenters. The fourth-order valence-corrected chi connectivity index (χ4v) is 2.91. The smallest absolute Gasteiger partial charge is 0.188 e. The van der Waals surface area contributed by atoms with Crippen LogP contribution in [0.4, 0.5) is 4.39 Å². The van der Waals surface area contributed by atoms with Crippen LogP contribution in [0.2, 0.25) is 10.0 Å². The molecule has 0 saturated carbocycles. The zero-order valence-corrected chi connectivity index (χ0v) is 18.4. The molecule has 29 heavy (non-hydrogen) atoms. The summed E-state index contributed by atoms with van der Waals surface area (Å²) in [7, 11) is 0. The average molecular weight is 464 g/mol. The van der Waals surface area contributed by atoms with Crippen molar-refractivity contribution in [2.45, 2.75) is 26.4 Å². The molecule has 0 aliphatic heterocycles. The largest absolute Gasteiger partial charge is 0.493 e. The van der Waals surface area contributed by atoms with Gasteiger partial charge in [0.05, 0.1) is 29.4 Å². The zero-order valence-electron chi connectivity index (χ0n) is 16.1. The summed E-state index contributed by atoms with van der Waals surface area (Å²) < 4.78 is 34.7. The van der Waals surface area contributed by atoms with Gasteiger partial charge in [0.25, 0.3) is 0 Å². The maximum absolute atomic E-state index is 12.5. The molecule has 2 aromatic rings.